The van der Waals surface area contributed by atoms with Gasteiger partial charge in [0.25, 0.3) is 0 Å². The van der Waals surface area contributed by atoms with Crippen molar-refractivity contribution in [3.63, 3.8) is 0 Å². The van der Waals surface area contributed by atoms with Crippen LogP contribution in [-0.2, 0) is 13.1 Å². The van der Waals surface area contributed by atoms with Crippen molar-refractivity contribution in [3.05, 3.63) is 35.4 Å². The van der Waals surface area contributed by atoms with E-state index >= 15 is 0 Å². The topological polar surface area (TPSA) is 12.0 Å². The third-order valence-electron chi connectivity index (χ3n) is 2.64. The largest absolute Gasteiger partial charge is 0.309 e. The van der Waals surface area contributed by atoms with Crippen molar-refractivity contribution in [2.45, 2.75) is 13.1 Å². The van der Waals surface area contributed by atoms with E-state index in [1.54, 1.807) is 0 Å². The number of rotatable bonds is 2. The Hall–Kier alpha value is -0.301. The number of benzene rings is 1. The van der Waals surface area contributed by atoms with Crippen LogP contribution < -0.4 is 5.32 Å². The SMILES string of the molecule is [B]B([B])B([B])B([B])[B].c1ccc2c(c1)CNC2. The molecule has 0 aromatic heterocycles. The quantitative estimate of drug-likeness (QED) is 0.565. The molecule has 10 radical (unpaired) electrons. The monoisotopic (exact) mass is 207 g/mol. The second kappa shape index (κ2) is 7.20. The van der Waals surface area contributed by atoms with Gasteiger partial charge in [0.1, 0.15) is 0 Å². The number of hydrogen-bond donors (Lipinski definition) is 1. The van der Waals surface area contributed by atoms with Gasteiger partial charge >= 0.3 is 0 Å². The predicted molar refractivity (Wildman–Crippen MR) is 83.0 cm³/mol. The molecular formula is C8H9B8N. The Morgan fingerprint density at radius 2 is 1.24 bits per heavy atom. The standard InChI is InChI=1S/C8H9N.B8/c1-2-4-8-6-9-5-7(8)3-1;1-6(2)8(5)7(3)4/h1-4,9H,5-6H2;. The highest BCUT2D eigenvalue weighted by Gasteiger charge is 2.14. The van der Waals surface area contributed by atoms with Crippen LogP contribution in [0, 0.1) is 0 Å². The molecule has 0 bridgehead atoms. The molecule has 9 heteroatoms. The van der Waals surface area contributed by atoms with Crippen molar-refractivity contribution < 1.29 is 0 Å². The van der Waals surface area contributed by atoms with Gasteiger partial charge in [-0.3, -0.25) is 0 Å². The van der Waals surface area contributed by atoms with Crippen LogP contribution in [0.1, 0.15) is 11.1 Å². The molecule has 1 heterocycles. The molecule has 1 N–H and O–H groups in total. The zero-order chi connectivity index (χ0) is 12.8. The summed E-state index contributed by atoms with van der Waals surface area (Å²) in [7, 11) is 25.8. The highest BCUT2D eigenvalue weighted by molar-refractivity contribution is 7.89. The van der Waals surface area contributed by atoms with Crippen LogP contribution in [-0.4, -0.2) is 57.8 Å². The van der Waals surface area contributed by atoms with Crippen molar-refractivity contribution in [2.24, 2.45) is 0 Å². The van der Waals surface area contributed by atoms with Crippen LogP contribution in [0.5, 0.6) is 0 Å². The first-order valence-corrected chi connectivity index (χ1v) is 5.57. The highest BCUT2D eigenvalue weighted by atomic mass is 14.9. The molecule has 0 amide bonds. The maximum atomic E-state index is 5.26. The van der Waals surface area contributed by atoms with E-state index in [2.05, 4.69) is 29.6 Å². The predicted octanol–water partition coefficient (Wildman–Crippen LogP) is -1.76. The summed E-state index contributed by atoms with van der Waals surface area (Å²) < 4.78 is 0. The van der Waals surface area contributed by atoms with Gasteiger partial charge in [-0.2, -0.15) is 0 Å². The second-order valence-electron chi connectivity index (χ2n) is 4.10. The lowest BCUT2D eigenvalue weighted by Gasteiger charge is -2.13. The number of hydrogen-bond acceptors (Lipinski definition) is 1. The van der Waals surface area contributed by atoms with E-state index in [1.165, 1.54) is 11.1 Å². The normalized spacial score (nSPS) is 12.0. The lowest BCUT2D eigenvalue weighted by molar-refractivity contribution is 0.765. The molecule has 0 atom stereocenters. The summed E-state index contributed by atoms with van der Waals surface area (Å²) in [6.07, 6.45) is -1.78. The van der Waals surface area contributed by atoms with E-state index < -0.39 is 19.2 Å². The fourth-order valence-corrected chi connectivity index (χ4v) is 1.49. The Bertz CT molecular complexity index is 313. The van der Waals surface area contributed by atoms with Gasteiger partial charge in [-0.05, 0) is 11.1 Å². The van der Waals surface area contributed by atoms with Crippen LogP contribution in [0.3, 0.4) is 0 Å². The Balaban J connectivity index is 0.000000172. The molecule has 0 saturated carbocycles. The van der Waals surface area contributed by atoms with Gasteiger partial charge in [0.05, 0.1) is 0 Å². The summed E-state index contributed by atoms with van der Waals surface area (Å²) in [5.74, 6) is 0. The smallest absolute Gasteiger partial charge is 0.0211 e. The minimum Gasteiger partial charge on any atom is -0.309 e. The third-order valence-corrected chi connectivity index (χ3v) is 2.64. The van der Waals surface area contributed by atoms with E-state index in [1.807, 2.05) is 0 Å². The molecule has 1 aliphatic rings. The first-order chi connectivity index (χ1) is 8.02. The second-order valence-corrected chi connectivity index (χ2v) is 4.10. The maximum absolute atomic E-state index is 5.26. The van der Waals surface area contributed by atoms with E-state index in [0.29, 0.717) is 0 Å². The van der Waals surface area contributed by atoms with Gasteiger partial charge in [0.2, 0.25) is 0 Å². The van der Waals surface area contributed by atoms with Crippen LogP contribution in [0.15, 0.2) is 24.3 Å². The minimum absolute atomic E-state index is 0.519. The van der Waals surface area contributed by atoms with E-state index in [4.69, 9.17) is 38.7 Å². The lowest BCUT2D eigenvalue weighted by atomic mass is 8.68. The van der Waals surface area contributed by atoms with E-state index in [0.717, 1.165) is 13.1 Å². The fourth-order valence-electron chi connectivity index (χ4n) is 1.49. The van der Waals surface area contributed by atoms with Gasteiger partial charge in [-0.1, -0.05) is 24.3 Å². The van der Waals surface area contributed by atoms with Gasteiger partial charge < -0.3 is 5.32 Å². The van der Waals surface area contributed by atoms with Gasteiger partial charge in [0.15, 0.2) is 0 Å². The summed E-state index contributed by atoms with van der Waals surface area (Å²) >= 11 is 0. The summed E-state index contributed by atoms with van der Waals surface area (Å²) in [5, 5.41) is 3.29. The summed E-state index contributed by atoms with van der Waals surface area (Å²) in [4.78, 5) is 0. The molecule has 70 valence electrons. The van der Waals surface area contributed by atoms with Crippen LogP contribution in [0.4, 0.5) is 0 Å². The molecule has 0 spiro atoms. The molecule has 1 aromatic rings. The summed E-state index contributed by atoms with van der Waals surface area (Å²) in [6, 6.07) is 8.53. The van der Waals surface area contributed by atoms with Crippen LogP contribution >= 0.6 is 0 Å². The molecule has 0 saturated heterocycles. The number of fused-ring (bicyclic) bond motifs is 1. The van der Waals surface area contributed by atoms with E-state index in [9.17, 15) is 0 Å². The summed E-state index contributed by atoms with van der Waals surface area (Å²) in [5.41, 5.74) is 2.91. The van der Waals surface area contributed by atoms with E-state index in [-0.39, 0.29) is 0 Å². The van der Waals surface area contributed by atoms with Crippen molar-refractivity contribution in [2.75, 3.05) is 0 Å². The van der Waals surface area contributed by atoms with Crippen molar-refractivity contribution in [3.8, 4) is 0 Å². The highest BCUT2D eigenvalue weighted by Crippen LogP contribution is 2.12. The minimum atomic E-state index is -0.630. The fraction of sp³-hybridized carbons (Fsp3) is 0.250. The molecule has 2 rings (SSSR count). The van der Waals surface area contributed by atoms with Crippen LogP contribution in [0.2, 0.25) is 0 Å². The average Bonchev–Trinajstić information content (AvgIpc) is 2.76. The zero-order valence-corrected chi connectivity index (χ0v) is 9.84. The summed E-state index contributed by atoms with van der Waals surface area (Å²) in [6.45, 7) is 2.10. The van der Waals surface area contributed by atoms with Gasteiger partial charge in [-0.25, -0.2) is 0 Å². The van der Waals surface area contributed by atoms with Crippen molar-refractivity contribution >= 4 is 57.8 Å². The molecule has 17 heavy (non-hydrogen) atoms. The molecule has 1 aliphatic heterocycles. The molecule has 1 nitrogen and oxygen atoms in total. The van der Waals surface area contributed by atoms with Crippen molar-refractivity contribution in [1.82, 2.24) is 5.32 Å². The van der Waals surface area contributed by atoms with Crippen LogP contribution in [0.25, 0.3) is 0 Å². The Morgan fingerprint density at radius 3 is 1.53 bits per heavy atom. The number of nitrogens with one attached hydrogen (secondary N) is 1. The zero-order valence-electron chi connectivity index (χ0n) is 9.84. The molecule has 1 aromatic carbocycles. The van der Waals surface area contributed by atoms with Gasteiger partial charge in [-0.15, -0.1) is 0 Å². The first-order valence-electron chi connectivity index (χ1n) is 5.57. The first kappa shape index (κ1) is 14.8. The third kappa shape index (κ3) is 4.83. The van der Waals surface area contributed by atoms with Crippen molar-refractivity contribution in [1.29, 1.82) is 0 Å². The lowest BCUT2D eigenvalue weighted by Crippen LogP contribution is -2.52. The Morgan fingerprint density at radius 1 is 0.824 bits per heavy atom. The Kier molecular flexibility index (Phi) is 6.25. The average molecular weight is 206 g/mol. The molecule has 0 unspecified atom stereocenters. The maximum Gasteiger partial charge on any atom is 0.0211 e. The Labute approximate surface area is 112 Å². The molecule has 0 fully saturated rings. The molecule has 0 aliphatic carbocycles. The molecular weight excluding hydrogens is 197 g/mol. The van der Waals surface area contributed by atoms with Gasteiger partial charge in [0, 0.05) is 70.9 Å².